The first-order valence-electron chi connectivity index (χ1n) is 4.18. The van der Waals surface area contributed by atoms with Gasteiger partial charge in [-0.3, -0.25) is 4.84 Å². The van der Waals surface area contributed by atoms with E-state index in [-0.39, 0.29) is 12.1 Å². The highest BCUT2D eigenvalue weighted by Crippen LogP contribution is 2.13. The maximum atomic E-state index is 9.14. The molecule has 0 radical (unpaired) electrons. The van der Waals surface area contributed by atoms with Crippen LogP contribution < -0.4 is 0 Å². The fraction of sp³-hybridized carbons (Fsp3) is 0.875. The van der Waals surface area contributed by atoms with Crippen molar-refractivity contribution in [2.24, 2.45) is 0 Å². The Balaban J connectivity index is 2.24. The van der Waals surface area contributed by atoms with Gasteiger partial charge in [-0.1, -0.05) is 0 Å². The van der Waals surface area contributed by atoms with Gasteiger partial charge < -0.3 is 5.11 Å². The Morgan fingerprint density at radius 1 is 1.83 bits per heavy atom. The van der Waals surface area contributed by atoms with E-state index >= 15 is 0 Å². The highest BCUT2D eigenvalue weighted by molar-refractivity contribution is 4.75. The molecule has 0 amide bonds. The van der Waals surface area contributed by atoms with Gasteiger partial charge in [0.1, 0.15) is 0 Å². The van der Waals surface area contributed by atoms with Crippen molar-refractivity contribution in [1.82, 2.24) is 5.06 Å². The summed E-state index contributed by atoms with van der Waals surface area (Å²) >= 11 is 0. The summed E-state index contributed by atoms with van der Waals surface area (Å²) in [5.74, 6) is 0. The number of hydrogen-bond donors (Lipinski definition) is 1. The number of aliphatic hydroxyl groups excluding tert-OH is 1. The number of nitriles is 1. The second kappa shape index (κ2) is 4.41. The molecule has 1 aliphatic rings. The highest BCUT2D eigenvalue weighted by Gasteiger charge is 2.25. The minimum atomic E-state index is -0.366. The summed E-state index contributed by atoms with van der Waals surface area (Å²) < 4.78 is 0. The Morgan fingerprint density at radius 2 is 2.58 bits per heavy atom. The van der Waals surface area contributed by atoms with Gasteiger partial charge in [-0.25, -0.2) is 0 Å². The second-order valence-corrected chi connectivity index (χ2v) is 3.10. The first-order valence-corrected chi connectivity index (χ1v) is 4.18. The minimum absolute atomic E-state index is 0.224. The van der Waals surface area contributed by atoms with E-state index in [1.807, 2.05) is 6.92 Å². The van der Waals surface area contributed by atoms with Crippen molar-refractivity contribution in [3.05, 3.63) is 0 Å². The van der Waals surface area contributed by atoms with Crippen LogP contribution in [0.2, 0.25) is 0 Å². The van der Waals surface area contributed by atoms with E-state index in [1.165, 1.54) is 0 Å². The van der Waals surface area contributed by atoms with Gasteiger partial charge in [-0.05, 0) is 13.3 Å². The number of rotatable bonds is 3. The van der Waals surface area contributed by atoms with Gasteiger partial charge in [0.2, 0.25) is 0 Å². The number of nitrogens with zero attached hydrogens (tertiary/aromatic N) is 2. The number of aliphatic hydroxyl groups is 1. The molecule has 1 rings (SSSR count). The molecule has 1 aliphatic heterocycles. The largest absolute Gasteiger partial charge is 0.389 e. The summed E-state index contributed by atoms with van der Waals surface area (Å²) in [6.07, 6.45) is 0.968. The summed E-state index contributed by atoms with van der Waals surface area (Å²) in [7, 11) is 0. The fourth-order valence-electron chi connectivity index (χ4n) is 1.22. The summed E-state index contributed by atoms with van der Waals surface area (Å²) in [6.45, 7) is 2.94. The molecule has 1 unspecified atom stereocenters. The van der Waals surface area contributed by atoms with Crippen LogP contribution >= 0.6 is 0 Å². The van der Waals surface area contributed by atoms with E-state index in [0.717, 1.165) is 6.42 Å². The second-order valence-electron chi connectivity index (χ2n) is 3.10. The van der Waals surface area contributed by atoms with Crippen molar-refractivity contribution in [2.45, 2.75) is 31.9 Å². The molecule has 0 bridgehead atoms. The lowest BCUT2D eigenvalue weighted by Gasteiger charge is -2.20. The lowest BCUT2D eigenvalue weighted by molar-refractivity contribution is -0.138. The third-order valence-corrected chi connectivity index (χ3v) is 1.99. The van der Waals surface area contributed by atoms with Crippen LogP contribution in [0.5, 0.6) is 0 Å². The molecule has 0 spiro atoms. The molecule has 4 nitrogen and oxygen atoms in total. The van der Waals surface area contributed by atoms with Gasteiger partial charge in [0.05, 0.1) is 25.3 Å². The predicted molar refractivity (Wildman–Crippen MR) is 43.0 cm³/mol. The van der Waals surface area contributed by atoms with Crippen LogP contribution in [0.1, 0.15) is 19.8 Å². The first-order chi connectivity index (χ1) is 5.74. The zero-order valence-corrected chi connectivity index (χ0v) is 7.23. The first kappa shape index (κ1) is 9.46. The topological polar surface area (TPSA) is 56.5 Å². The Hall–Kier alpha value is -0.630. The van der Waals surface area contributed by atoms with Gasteiger partial charge in [-0.15, -0.1) is 0 Å². The Morgan fingerprint density at radius 3 is 3.08 bits per heavy atom. The van der Waals surface area contributed by atoms with Crippen molar-refractivity contribution in [2.75, 3.05) is 13.2 Å². The third-order valence-electron chi connectivity index (χ3n) is 1.99. The quantitative estimate of drug-likeness (QED) is 0.661. The highest BCUT2D eigenvalue weighted by atomic mass is 16.7. The number of hydrogen-bond acceptors (Lipinski definition) is 4. The molecule has 4 heteroatoms. The van der Waals surface area contributed by atoms with E-state index in [0.29, 0.717) is 19.6 Å². The molecule has 0 aromatic rings. The predicted octanol–water partition coefficient (Wildman–Crippen LogP) is 0.287. The molecule has 2 atom stereocenters. The minimum Gasteiger partial charge on any atom is -0.389 e. The Kier molecular flexibility index (Phi) is 3.48. The monoisotopic (exact) mass is 170 g/mol. The van der Waals surface area contributed by atoms with Crippen molar-refractivity contribution in [1.29, 1.82) is 5.26 Å². The van der Waals surface area contributed by atoms with Gasteiger partial charge in [0.15, 0.2) is 0 Å². The van der Waals surface area contributed by atoms with Crippen LogP contribution in [0.15, 0.2) is 0 Å². The molecule has 0 aromatic heterocycles. The van der Waals surface area contributed by atoms with E-state index in [9.17, 15) is 0 Å². The molecule has 68 valence electrons. The normalized spacial score (nSPS) is 26.9. The molecule has 1 fully saturated rings. The molecule has 1 heterocycles. The molecule has 0 saturated carbocycles. The fourth-order valence-corrected chi connectivity index (χ4v) is 1.22. The lowest BCUT2D eigenvalue weighted by atomic mass is 10.2. The van der Waals surface area contributed by atoms with Crippen LogP contribution in [-0.4, -0.2) is 35.5 Å². The summed E-state index contributed by atoms with van der Waals surface area (Å²) in [4.78, 5) is 5.20. The summed E-state index contributed by atoms with van der Waals surface area (Å²) in [6, 6.07) is 2.31. The molecule has 0 aliphatic carbocycles. The van der Waals surface area contributed by atoms with Gasteiger partial charge >= 0.3 is 0 Å². The Bertz CT molecular complexity index is 178. The van der Waals surface area contributed by atoms with Crippen molar-refractivity contribution in [3.8, 4) is 6.07 Å². The summed E-state index contributed by atoms with van der Waals surface area (Å²) in [5, 5.41) is 19.2. The molecule has 1 N–H and O–H groups in total. The summed E-state index contributed by atoms with van der Waals surface area (Å²) in [5.41, 5.74) is 0. The van der Waals surface area contributed by atoms with Crippen LogP contribution in [0.25, 0.3) is 0 Å². The van der Waals surface area contributed by atoms with Crippen LogP contribution in [0, 0.1) is 11.3 Å². The van der Waals surface area contributed by atoms with Crippen LogP contribution in [-0.2, 0) is 4.84 Å². The Labute approximate surface area is 72.3 Å². The molecular weight excluding hydrogens is 156 g/mol. The molecule has 12 heavy (non-hydrogen) atoms. The lowest BCUT2D eigenvalue weighted by Crippen LogP contribution is -2.30. The zero-order valence-electron chi connectivity index (χ0n) is 7.23. The average molecular weight is 170 g/mol. The van der Waals surface area contributed by atoms with E-state index < -0.39 is 0 Å². The maximum absolute atomic E-state index is 9.14. The van der Waals surface area contributed by atoms with Crippen molar-refractivity contribution >= 4 is 0 Å². The van der Waals surface area contributed by atoms with Gasteiger partial charge in [-0.2, -0.15) is 10.3 Å². The SMILES string of the molecule is CC(CCC#N)N1C[C@@H](O)CO1. The standard InChI is InChI=1S/C8H14N2O2/c1-7(3-2-4-9)10-5-8(11)6-12-10/h7-8,11H,2-3,5-6H2,1H3/t7?,8-/m1/s1. The van der Waals surface area contributed by atoms with Gasteiger partial charge in [0, 0.05) is 12.5 Å². The van der Waals surface area contributed by atoms with Crippen molar-refractivity contribution < 1.29 is 9.94 Å². The third kappa shape index (κ3) is 2.45. The van der Waals surface area contributed by atoms with Crippen LogP contribution in [0.3, 0.4) is 0 Å². The van der Waals surface area contributed by atoms with E-state index in [1.54, 1.807) is 5.06 Å². The average Bonchev–Trinajstić information content (AvgIpc) is 2.47. The zero-order chi connectivity index (χ0) is 8.97. The van der Waals surface area contributed by atoms with Crippen molar-refractivity contribution in [3.63, 3.8) is 0 Å². The van der Waals surface area contributed by atoms with Crippen LogP contribution in [0.4, 0.5) is 0 Å². The molecular formula is C8H14N2O2. The maximum Gasteiger partial charge on any atom is 0.0958 e. The smallest absolute Gasteiger partial charge is 0.0958 e. The number of β-amino-alcohol motifs (C(OH)–C–C–N with tert-alkyl or cyclic N) is 1. The van der Waals surface area contributed by atoms with E-state index in [4.69, 9.17) is 15.2 Å². The van der Waals surface area contributed by atoms with E-state index in [2.05, 4.69) is 6.07 Å². The molecule has 0 aromatic carbocycles. The molecule has 1 saturated heterocycles. The van der Waals surface area contributed by atoms with Gasteiger partial charge in [0.25, 0.3) is 0 Å². The number of hydroxylamine groups is 2.